The molecular weight excluding hydrogens is 1500 g/mol. The zero-order valence-corrected chi connectivity index (χ0v) is 68.1. The number of nitrogens with one attached hydrogen (secondary N) is 3. The average molecular weight is 1590 g/mol. The number of piperazine rings is 3. The maximum atomic E-state index is 12.8. The van der Waals surface area contributed by atoms with Gasteiger partial charge in [0.1, 0.15) is 36.0 Å². The van der Waals surface area contributed by atoms with Gasteiger partial charge in [-0.2, -0.15) is 30.2 Å². The molecule has 8 fully saturated rings. The Bertz CT molecular complexity index is 5750. The van der Waals surface area contributed by atoms with Crippen molar-refractivity contribution in [2.45, 2.75) is 143 Å². The SMILES string of the molecule is COc1ccc(CN2CCN(c3ccc(-c4cc(C)cc(Cc5cc(C)[nH]n5)n4)cn3)CC2)cc1.Cc1cc(Cc2cc(C)[nH]n2)nc(-c2ccc(N3CC4CC(C3)N4Cc3ccc(-n4ccc(CF)n4)nc3)nc2)n1.Cc1cc(Cc2cc(C)[nH]n2)nc(-c2ccc(N3CC4CC(C3)N4Cc3ccc(-n4nccc4OC4CC4)nc3)nc2)n1. The molecule has 22 rings (SSSR count). The predicted molar refractivity (Wildman–Crippen MR) is 452 cm³/mol. The number of hydrogen-bond acceptors (Lipinski definition) is 23. The smallest absolute Gasteiger partial charge is 0.218 e. The fourth-order valence-corrected chi connectivity index (χ4v) is 16.6. The Kier molecular flexibility index (Phi) is 22.3. The Hall–Kier alpha value is -12.9. The van der Waals surface area contributed by atoms with Crippen LogP contribution in [0.5, 0.6) is 11.6 Å². The zero-order valence-electron chi connectivity index (χ0n) is 68.1. The number of rotatable bonds is 24. The first kappa shape index (κ1) is 77.4. The quantitative estimate of drug-likeness (QED) is 0.0506. The molecule has 1 saturated carbocycles. The first-order valence-electron chi connectivity index (χ1n) is 41.0. The Morgan fingerprint density at radius 1 is 0.437 bits per heavy atom. The lowest BCUT2D eigenvalue weighted by Gasteiger charge is -2.56. The van der Waals surface area contributed by atoms with Crippen molar-refractivity contribution in [1.82, 2.24) is 115 Å². The van der Waals surface area contributed by atoms with Crippen LogP contribution < -0.4 is 24.2 Å². The van der Waals surface area contributed by atoms with Gasteiger partial charge in [0.2, 0.25) is 5.88 Å². The number of anilines is 3. The van der Waals surface area contributed by atoms with Gasteiger partial charge in [0.05, 0.1) is 53.2 Å². The normalized spacial score (nSPS) is 17.7. The van der Waals surface area contributed by atoms with Gasteiger partial charge in [0.25, 0.3) is 0 Å². The molecule has 7 saturated heterocycles. The lowest BCUT2D eigenvalue weighted by atomic mass is 9.87. The summed E-state index contributed by atoms with van der Waals surface area (Å²) < 4.78 is 27.4. The predicted octanol–water partition coefficient (Wildman–Crippen LogP) is 12.4. The molecule has 606 valence electrons. The maximum absolute atomic E-state index is 12.8. The highest BCUT2D eigenvalue weighted by atomic mass is 19.1. The van der Waals surface area contributed by atoms with E-state index in [0.717, 1.165) is 210 Å². The standard InChI is InChI=1S/C32H34N10O.C30H31FN10.C28H32N6O/c1-20-11-24(13-25-12-21(2)38-39-25)37-32(36-20)23-4-8-29(34-16-23)40-18-26-14-27(19-40)41(26)17-22-3-7-30(33-15-22)42-31(9-10-35-42)43-28-5-6-28;1-19-9-24(11-25-10-20(2)36-37-25)35-30(34-19)22-4-6-28(33-15-22)39-17-26-12-27(18-39)40(26)16-21-3-5-29(32-14-21)41-8-7-23(13-31)38-41;1-20-14-24(17-25-16-21(2)31-32-25)30-27(15-20)23-6-9-28(29-18-23)34-12-10-33(11-13-34)19-22-4-7-26(35-3)8-5-22/h3-4,7-12,15-16,26-28H,5-6,13-14,17-19H2,1-2H3,(H,38,39);3-10,14-15,26-27H,11-13,16-18H2,1-2H3,(H,36,37);4-9,14-16,18H,10-13,17,19H2,1-3H3,(H,31,32). The molecule has 0 spiro atoms. The summed E-state index contributed by atoms with van der Waals surface area (Å²) in [6, 6.07) is 49.2. The maximum Gasteiger partial charge on any atom is 0.218 e. The molecule has 8 aliphatic rings. The molecule has 1 aliphatic carbocycles. The van der Waals surface area contributed by atoms with E-state index in [-0.39, 0.29) is 0 Å². The van der Waals surface area contributed by atoms with Crippen LogP contribution in [0.15, 0.2) is 183 Å². The molecule has 4 bridgehead atoms. The van der Waals surface area contributed by atoms with Crippen LogP contribution in [0.2, 0.25) is 0 Å². The molecule has 29 heteroatoms. The topological polar surface area (TPSA) is 288 Å². The van der Waals surface area contributed by atoms with Crippen LogP contribution in [0.3, 0.4) is 0 Å². The van der Waals surface area contributed by atoms with Gasteiger partial charge in [-0.05, 0) is 199 Å². The van der Waals surface area contributed by atoms with E-state index >= 15 is 0 Å². The number of alkyl halides is 1. The van der Waals surface area contributed by atoms with Crippen molar-refractivity contribution in [3.63, 3.8) is 0 Å². The number of methoxy groups -OCH3 is 1. The molecule has 119 heavy (non-hydrogen) atoms. The summed E-state index contributed by atoms with van der Waals surface area (Å²) in [6.45, 7) is 22.1. The molecule has 28 nitrogen and oxygen atoms in total. The Morgan fingerprint density at radius 3 is 1.39 bits per heavy atom. The Labute approximate surface area is 690 Å². The van der Waals surface area contributed by atoms with Gasteiger partial charge in [-0.15, -0.1) is 0 Å². The number of hydrogen-bond donors (Lipinski definition) is 3. The van der Waals surface area contributed by atoms with Gasteiger partial charge in [-0.25, -0.2) is 53.9 Å². The van der Waals surface area contributed by atoms with E-state index < -0.39 is 6.67 Å². The van der Waals surface area contributed by atoms with E-state index in [1.54, 1.807) is 34.9 Å². The van der Waals surface area contributed by atoms with E-state index in [4.69, 9.17) is 44.4 Å². The second-order valence-corrected chi connectivity index (χ2v) is 32.2. The van der Waals surface area contributed by atoms with Gasteiger partial charge in [0, 0.05) is 210 Å². The first-order chi connectivity index (χ1) is 58.1. The third kappa shape index (κ3) is 18.5. The van der Waals surface area contributed by atoms with Gasteiger partial charge >= 0.3 is 0 Å². The van der Waals surface area contributed by atoms with Gasteiger partial charge < -0.3 is 24.2 Å². The van der Waals surface area contributed by atoms with Crippen LogP contribution in [0.1, 0.15) is 116 Å². The summed E-state index contributed by atoms with van der Waals surface area (Å²) in [5.41, 5.74) is 20.0. The lowest BCUT2D eigenvalue weighted by molar-refractivity contribution is -0.00877. The van der Waals surface area contributed by atoms with Crippen LogP contribution >= 0.6 is 0 Å². The number of nitrogens with zero attached hydrogens (tertiary/aromatic N) is 23. The van der Waals surface area contributed by atoms with Crippen molar-refractivity contribution in [2.24, 2.45) is 0 Å². The molecule has 1 aromatic carbocycles. The highest BCUT2D eigenvalue weighted by Crippen LogP contribution is 2.39. The Morgan fingerprint density at radius 2 is 0.924 bits per heavy atom. The van der Waals surface area contributed by atoms with E-state index in [9.17, 15) is 4.39 Å². The molecule has 7 aliphatic heterocycles. The number of aromatic amines is 3. The van der Waals surface area contributed by atoms with Gasteiger partial charge in [-0.3, -0.25) is 35.0 Å². The fraction of sp³-hybridized carbons (Fsp3) is 0.344. The molecule has 4 unspecified atom stereocenters. The third-order valence-corrected chi connectivity index (χ3v) is 22.9. The lowest BCUT2D eigenvalue weighted by Crippen LogP contribution is -2.68. The van der Waals surface area contributed by atoms with Crippen LogP contribution in [-0.2, 0) is 45.6 Å². The van der Waals surface area contributed by atoms with Gasteiger partial charge in [-0.1, -0.05) is 24.3 Å². The van der Waals surface area contributed by atoms with E-state index in [1.165, 1.54) is 29.5 Å². The van der Waals surface area contributed by atoms with E-state index in [2.05, 4.69) is 171 Å². The minimum Gasteiger partial charge on any atom is -0.497 e. The number of aryl methyl sites for hydroxylation is 6. The molecule has 13 aromatic heterocycles. The fourth-order valence-electron chi connectivity index (χ4n) is 16.6. The average Bonchev–Trinajstić information content (AvgIpc) is 1.58. The van der Waals surface area contributed by atoms with Crippen molar-refractivity contribution >= 4 is 17.5 Å². The summed E-state index contributed by atoms with van der Waals surface area (Å²) in [7, 11) is 1.70. The van der Waals surface area contributed by atoms with Crippen molar-refractivity contribution in [2.75, 3.05) is 74.2 Å². The number of benzene rings is 1. The van der Waals surface area contributed by atoms with Crippen LogP contribution in [0.25, 0.3) is 45.7 Å². The molecule has 20 heterocycles. The number of aromatic nitrogens is 20. The largest absolute Gasteiger partial charge is 0.497 e. The van der Waals surface area contributed by atoms with E-state index in [1.807, 2.05) is 120 Å². The summed E-state index contributed by atoms with van der Waals surface area (Å²) in [5, 5.41) is 30.6. The minimum absolute atomic E-state index is 0.325. The number of halogens is 1. The zero-order chi connectivity index (χ0) is 81.0. The molecule has 0 radical (unpaired) electrons. The summed E-state index contributed by atoms with van der Waals surface area (Å²) in [5.74, 6) is 7.55. The number of fused-ring (bicyclic) bond motifs is 4. The summed E-state index contributed by atoms with van der Waals surface area (Å²) >= 11 is 0. The second-order valence-electron chi connectivity index (χ2n) is 32.2. The van der Waals surface area contributed by atoms with Crippen molar-refractivity contribution < 1.29 is 13.9 Å². The van der Waals surface area contributed by atoms with Gasteiger partial charge in [0.15, 0.2) is 23.3 Å². The Balaban J connectivity index is 0.000000123. The second kappa shape index (κ2) is 34.4. The highest BCUT2D eigenvalue weighted by molar-refractivity contribution is 5.62. The number of piperidine rings is 2. The van der Waals surface area contributed by atoms with Crippen molar-refractivity contribution in [1.29, 1.82) is 0 Å². The first-order valence-corrected chi connectivity index (χ1v) is 41.0. The molecule has 14 aromatic rings. The number of H-pyrrole nitrogens is 3. The monoisotopic (exact) mass is 1590 g/mol. The summed E-state index contributed by atoms with van der Waals surface area (Å²) in [6.07, 6.45) is 20.1. The number of pyridine rings is 6. The van der Waals surface area contributed by atoms with Crippen LogP contribution in [0.4, 0.5) is 21.8 Å². The highest BCUT2D eigenvalue weighted by Gasteiger charge is 2.46. The number of ether oxygens (including phenoxy) is 2. The van der Waals surface area contributed by atoms with Crippen LogP contribution in [-0.4, -0.2) is 204 Å². The van der Waals surface area contributed by atoms with Crippen molar-refractivity contribution in [3.05, 3.63) is 273 Å². The minimum atomic E-state index is -0.575. The molecule has 4 atom stereocenters. The summed E-state index contributed by atoms with van der Waals surface area (Å²) in [4.78, 5) is 62.3. The molecule has 3 N–H and O–H groups in total. The third-order valence-electron chi connectivity index (χ3n) is 22.9. The molecular formula is C90H97FN26O2. The van der Waals surface area contributed by atoms with Crippen LogP contribution in [0, 0.1) is 41.5 Å². The van der Waals surface area contributed by atoms with Crippen molar-refractivity contribution in [3.8, 4) is 57.3 Å². The van der Waals surface area contributed by atoms with E-state index in [0.29, 0.717) is 72.7 Å². The molecule has 0 amide bonds.